The number of carbonyl (C=O) groups is 1. The lowest BCUT2D eigenvalue weighted by atomic mass is 10.2. The van der Waals surface area contributed by atoms with Gasteiger partial charge in [-0.1, -0.05) is 15.9 Å². The molecule has 0 saturated carbocycles. The zero-order chi connectivity index (χ0) is 14.1. The normalized spacial score (nSPS) is 16.4. The molecule has 2 aromatic rings. The number of aryl methyl sites for hydroxylation is 1. The third-order valence-corrected chi connectivity index (χ3v) is 4.38. The standard InChI is InChI=1S/C15H10BrNO2S/c1-9-6-7-20-13(9)8-12-15(18)19-14(17-12)10-2-4-11(16)5-3-10/h2-8H,1H3. The van der Waals surface area contributed by atoms with Crippen LogP contribution in [0.25, 0.3) is 6.08 Å². The van der Waals surface area contributed by atoms with Gasteiger partial charge in [0.25, 0.3) is 0 Å². The minimum atomic E-state index is -0.407. The van der Waals surface area contributed by atoms with E-state index >= 15 is 0 Å². The van der Waals surface area contributed by atoms with Crippen LogP contribution in [0.2, 0.25) is 0 Å². The number of halogens is 1. The largest absolute Gasteiger partial charge is 0.402 e. The molecule has 0 spiro atoms. The van der Waals surface area contributed by atoms with Crippen molar-refractivity contribution < 1.29 is 9.53 Å². The molecule has 0 unspecified atom stereocenters. The van der Waals surface area contributed by atoms with E-state index in [2.05, 4.69) is 20.9 Å². The summed E-state index contributed by atoms with van der Waals surface area (Å²) in [5, 5.41) is 1.99. The zero-order valence-corrected chi connectivity index (χ0v) is 13.0. The second-order valence-corrected chi connectivity index (χ2v) is 6.17. The highest BCUT2D eigenvalue weighted by Crippen LogP contribution is 2.24. The molecule has 1 aliphatic rings. The second kappa shape index (κ2) is 5.34. The van der Waals surface area contributed by atoms with Crippen LogP contribution in [0.1, 0.15) is 16.0 Å². The van der Waals surface area contributed by atoms with Crippen molar-refractivity contribution >= 4 is 45.2 Å². The van der Waals surface area contributed by atoms with Gasteiger partial charge in [0.05, 0.1) is 0 Å². The van der Waals surface area contributed by atoms with Crippen LogP contribution in [0.3, 0.4) is 0 Å². The van der Waals surface area contributed by atoms with Crippen LogP contribution < -0.4 is 0 Å². The van der Waals surface area contributed by atoms with Crippen LogP contribution in [0.15, 0.2) is 50.9 Å². The van der Waals surface area contributed by atoms with Gasteiger partial charge >= 0.3 is 5.97 Å². The van der Waals surface area contributed by atoms with Gasteiger partial charge in [0.15, 0.2) is 5.70 Å². The highest BCUT2D eigenvalue weighted by molar-refractivity contribution is 9.10. The van der Waals surface area contributed by atoms with E-state index in [0.717, 1.165) is 20.5 Å². The average molecular weight is 348 g/mol. The Morgan fingerprint density at radius 3 is 2.65 bits per heavy atom. The van der Waals surface area contributed by atoms with E-state index in [-0.39, 0.29) is 0 Å². The maximum atomic E-state index is 11.9. The number of rotatable bonds is 2. The molecule has 2 heterocycles. The number of nitrogens with zero attached hydrogens (tertiary/aromatic N) is 1. The zero-order valence-electron chi connectivity index (χ0n) is 10.6. The van der Waals surface area contributed by atoms with Gasteiger partial charge in [-0.15, -0.1) is 11.3 Å². The Balaban J connectivity index is 1.95. The van der Waals surface area contributed by atoms with Gasteiger partial charge in [-0.2, -0.15) is 0 Å². The molecule has 0 aliphatic carbocycles. The fraction of sp³-hybridized carbons (Fsp3) is 0.0667. The number of esters is 1. The van der Waals surface area contributed by atoms with Crippen LogP contribution in [-0.4, -0.2) is 11.9 Å². The molecule has 3 rings (SSSR count). The summed E-state index contributed by atoms with van der Waals surface area (Å²) in [6, 6.07) is 9.50. The maximum Gasteiger partial charge on any atom is 0.363 e. The van der Waals surface area contributed by atoms with Gasteiger partial charge < -0.3 is 4.74 Å². The van der Waals surface area contributed by atoms with Crippen LogP contribution in [-0.2, 0) is 9.53 Å². The predicted molar refractivity (Wildman–Crippen MR) is 83.8 cm³/mol. The van der Waals surface area contributed by atoms with Crippen LogP contribution in [0.4, 0.5) is 0 Å². The van der Waals surface area contributed by atoms with Gasteiger partial charge in [-0.05, 0) is 54.3 Å². The molecular weight excluding hydrogens is 338 g/mol. The van der Waals surface area contributed by atoms with Crippen LogP contribution in [0.5, 0.6) is 0 Å². The first kappa shape index (κ1) is 13.3. The topological polar surface area (TPSA) is 38.7 Å². The lowest BCUT2D eigenvalue weighted by Gasteiger charge is -1.98. The molecule has 0 radical (unpaired) electrons. The Kier molecular flexibility index (Phi) is 3.54. The molecule has 0 bridgehead atoms. The number of benzene rings is 1. The highest BCUT2D eigenvalue weighted by atomic mass is 79.9. The summed E-state index contributed by atoms with van der Waals surface area (Å²) in [6.07, 6.45) is 1.77. The molecule has 3 nitrogen and oxygen atoms in total. The van der Waals surface area contributed by atoms with Gasteiger partial charge in [-0.25, -0.2) is 9.79 Å². The Morgan fingerprint density at radius 2 is 2.00 bits per heavy atom. The summed E-state index contributed by atoms with van der Waals surface area (Å²) < 4.78 is 6.19. The van der Waals surface area contributed by atoms with Crippen molar-refractivity contribution in [3.8, 4) is 0 Å². The van der Waals surface area contributed by atoms with E-state index in [1.54, 1.807) is 17.4 Å². The van der Waals surface area contributed by atoms with E-state index in [1.165, 1.54) is 0 Å². The molecule has 20 heavy (non-hydrogen) atoms. The first-order chi connectivity index (χ1) is 9.63. The first-order valence-electron chi connectivity index (χ1n) is 5.96. The van der Waals surface area contributed by atoms with E-state index < -0.39 is 5.97 Å². The highest BCUT2D eigenvalue weighted by Gasteiger charge is 2.24. The number of hydrogen-bond acceptors (Lipinski definition) is 4. The molecule has 0 atom stereocenters. The van der Waals surface area contributed by atoms with Gasteiger partial charge in [-0.3, -0.25) is 0 Å². The first-order valence-corrected chi connectivity index (χ1v) is 7.63. The molecule has 0 saturated heterocycles. The summed E-state index contributed by atoms with van der Waals surface area (Å²) in [5.41, 5.74) is 2.25. The average Bonchev–Trinajstić information content (AvgIpc) is 2.99. The van der Waals surface area contributed by atoms with Crippen molar-refractivity contribution in [2.24, 2.45) is 4.99 Å². The van der Waals surface area contributed by atoms with E-state index in [9.17, 15) is 4.79 Å². The molecule has 0 amide bonds. The Hall–Kier alpha value is -1.72. The van der Waals surface area contributed by atoms with Crippen LogP contribution in [0, 0.1) is 6.92 Å². The van der Waals surface area contributed by atoms with Crippen molar-refractivity contribution in [3.05, 3.63) is 61.9 Å². The number of cyclic esters (lactones) is 1. The van der Waals surface area contributed by atoms with Crippen LogP contribution >= 0.6 is 27.3 Å². The summed E-state index contributed by atoms with van der Waals surface area (Å²) in [6.45, 7) is 2.00. The van der Waals surface area contributed by atoms with Crippen molar-refractivity contribution in [1.29, 1.82) is 0 Å². The number of aliphatic imine (C=N–C) groups is 1. The maximum absolute atomic E-state index is 11.9. The SMILES string of the molecule is Cc1ccsc1C=C1N=C(c2ccc(Br)cc2)OC1=O. The Bertz CT molecular complexity index is 729. The molecule has 1 aromatic carbocycles. The quantitative estimate of drug-likeness (QED) is 0.604. The monoisotopic (exact) mass is 347 g/mol. The minimum Gasteiger partial charge on any atom is -0.402 e. The van der Waals surface area contributed by atoms with Crippen molar-refractivity contribution in [2.75, 3.05) is 0 Å². The smallest absolute Gasteiger partial charge is 0.363 e. The van der Waals surface area contributed by atoms with E-state index in [4.69, 9.17) is 4.74 Å². The predicted octanol–water partition coefficient (Wildman–Crippen LogP) is 4.16. The molecule has 0 fully saturated rings. The third-order valence-electron chi connectivity index (χ3n) is 2.88. The summed E-state index contributed by atoms with van der Waals surface area (Å²) in [5.74, 6) is -0.0568. The second-order valence-electron chi connectivity index (χ2n) is 4.31. The lowest BCUT2D eigenvalue weighted by molar-refractivity contribution is -0.129. The lowest BCUT2D eigenvalue weighted by Crippen LogP contribution is -2.05. The Labute approximate surface area is 128 Å². The molecular formula is C15H10BrNO2S. The van der Waals surface area contributed by atoms with Gasteiger partial charge in [0, 0.05) is 14.9 Å². The van der Waals surface area contributed by atoms with E-state index in [0.29, 0.717) is 11.6 Å². The summed E-state index contributed by atoms with van der Waals surface area (Å²) in [4.78, 5) is 17.2. The van der Waals surface area contributed by atoms with E-state index in [1.807, 2.05) is 42.6 Å². The minimum absolute atomic E-state index is 0.341. The fourth-order valence-electron chi connectivity index (χ4n) is 1.78. The van der Waals surface area contributed by atoms with Gasteiger partial charge in [0.1, 0.15) is 0 Å². The Morgan fingerprint density at radius 1 is 1.25 bits per heavy atom. The fourth-order valence-corrected chi connectivity index (χ4v) is 2.90. The molecule has 5 heteroatoms. The number of ether oxygens (including phenoxy) is 1. The van der Waals surface area contributed by atoms with Crippen molar-refractivity contribution in [1.82, 2.24) is 0 Å². The third kappa shape index (κ3) is 2.59. The summed E-state index contributed by atoms with van der Waals surface area (Å²) in [7, 11) is 0. The molecule has 100 valence electrons. The van der Waals surface area contributed by atoms with Crippen molar-refractivity contribution in [2.45, 2.75) is 6.92 Å². The number of thiophene rings is 1. The number of hydrogen-bond donors (Lipinski definition) is 0. The molecule has 1 aliphatic heterocycles. The molecule has 1 aromatic heterocycles. The summed E-state index contributed by atoms with van der Waals surface area (Å²) >= 11 is 4.95. The van der Waals surface area contributed by atoms with Crippen molar-refractivity contribution in [3.63, 3.8) is 0 Å². The number of carbonyl (C=O) groups excluding carboxylic acids is 1. The van der Waals surface area contributed by atoms with Gasteiger partial charge in [0.2, 0.25) is 5.90 Å². The molecule has 0 N–H and O–H groups in total.